The second kappa shape index (κ2) is 11.4. The fourth-order valence-corrected chi connectivity index (χ4v) is 6.09. The van der Waals surface area contributed by atoms with Gasteiger partial charge in [0.05, 0.1) is 12.7 Å². The molecule has 188 valence electrons. The molecule has 1 unspecified atom stereocenters. The third-order valence-corrected chi connectivity index (χ3v) is 8.17. The minimum absolute atomic E-state index is 0.0872. The summed E-state index contributed by atoms with van der Waals surface area (Å²) in [6, 6.07) is 8.63. The van der Waals surface area contributed by atoms with Crippen molar-refractivity contribution < 1.29 is 9.47 Å². The molecule has 0 amide bonds. The van der Waals surface area contributed by atoms with Gasteiger partial charge in [0.2, 0.25) is 0 Å². The SMILES string of the molecule is CN1C[C@H](Nc2nc3sccn3c(=O)c2Br)C[C@H](c2ccc(OCCOC3CCCNC3)cc2)C1. The van der Waals surface area contributed by atoms with Crippen molar-refractivity contribution in [1.29, 1.82) is 0 Å². The molecule has 10 heteroatoms. The first-order valence-electron chi connectivity index (χ1n) is 12.2. The first-order chi connectivity index (χ1) is 17.1. The molecule has 3 aromatic rings. The van der Waals surface area contributed by atoms with Gasteiger partial charge in [-0.2, -0.15) is 0 Å². The summed E-state index contributed by atoms with van der Waals surface area (Å²) in [5, 5.41) is 8.77. The van der Waals surface area contributed by atoms with E-state index in [-0.39, 0.29) is 11.6 Å². The van der Waals surface area contributed by atoms with Crippen LogP contribution in [-0.4, -0.2) is 72.9 Å². The fourth-order valence-electron chi connectivity index (χ4n) is 4.99. The summed E-state index contributed by atoms with van der Waals surface area (Å²) < 4.78 is 13.8. The number of thiazole rings is 1. The summed E-state index contributed by atoms with van der Waals surface area (Å²) >= 11 is 4.91. The number of halogens is 1. The zero-order chi connectivity index (χ0) is 24.2. The van der Waals surface area contributed by atoms with Crippen molar-refractivity contribution >= 4 is 38.0 Å². The smallest absolute Gasteiger partial charge is 0.275 e. The Kier molecular flexibility index (Phi) is 8.04. The van der Waals surface area contributed by atoms with Gasteiger partial charge < -0.3 is 25.0 Å². The first-order valence-corrected chi connectivity index (χ1v) is 13.9. The van der Waals surface area contributed by atoms with Gasteiger partial charge in [-0.1, -0.05) is 12.1 Å². The number of hydrogen-bond acceptors (Lipinski definition) is 8. The summed E-state index contributed by atoms with van der Waals surface area (Å²) in [4.78, 5) is 20.3. The van der Waals surface area contributed by atoms with E-state index in [4.69, 9.17) is 9.47 Å². The quantitative estimate of drug-likeness (QED) is 0.407. The lowest BCUT2D eigenvalue weighted by atomic mass is 9.88. The van der Waals surface area contributed by atoms with Crippen molar-refractivity contribution in [2.24, 2.45) is 0 Å². The molecule has 35 heavy (non-hydrogen) atoms. The molecule has 0 aliphatic carbocycles. The number of fused-ring (bicyclic) bond motifs is 1. The first kappa shape index (κ1) is 24.7. The van der Waals surface area contributed by atoms with Crippen LogP contribution in [0.4, 0.5) is 5.82 Å². The Morgan fingerprint density at radius 3 is 2.91 bits per heavy atom. The zero-order valence-electron chi connectivity index (χ0n) is 19.9. The van der Waals surface area contributed by atoms with E-state index in [1.165, 1.54) is 23.3 Å². The van der Waals surface area contributed by atoms with Crippen LogP contribution in [0, 0.1) is 0 Å². The van der Waals surface area contributed by atoms with E-state index in [0.29, 0.717) is 40.5 Å². The predicted octanol–water partition coefficient (Wildman–Crippen LogP) is 3.57. The number of likely N-dealkylation sites (tertiary alicyclic amines) is 1. The van der Waals surface area contributed by atoms with E-state index in [0.717, 1.165) is 44.8 Å². The molecular weight excluding hydrogens is 530 g/mol. The van der Waals surface area contributed by atoms with Crippen LogP contribution >= 0.6 is 27.3 Å². The molecule has 2 aliphatic rings. The highest BCUT2D eigenvalue weighted by Crippen LogP contribution is 2.30. The van der Waals surface area contributed by atoms with Crippen molar-refractivity contribution in [3.8, 4) is 5.75 Å². The molecule has 2 saturated heterocycles. The molecule has 0 bridgehead atoms. The molecule has 0 radical (unpaired) electrons. The highest BCUT2D eigenvalue weighted by Gasteiger charge is 2.27. The lowest BCUT2D eigenvalue weighted by molar-refractivity contribution is 0.0205. The Morgan fingerprint density at radius 1 is 1.26 bits per heavy atom. The van der Waals surface area contributed by atoms with Gasteiger partial charge in [0.1, 0.15) is 22.6 Å². The van der Waals surface area contributed by atoms with Gasteiger partial charge in [0.15, 0.2) is 4.96 Å². The standard InChI is InChI=1S/C25H32BrN5O3S/c1-30-15-18(13-19(16-30)28-23-22(26)24(32)31-9-12-35-25(31)29-23)17-4-6-20(7-5-17)33-10-11-34-21-3-2-8-27-14-21/h4-7,9,12,18-19,21,27-28H,2-3,8,10-11,13-16H2,1H3/t18-,19+,21?/m0/s1. The maximum absolute atomic E-state index is 12.6. The van der Waals surface area contributed by atoms with Gasteiger partial charge in [0, 0.05) is 37.3 Å². The normalized spacial score (nSPS) is 23.4. The number of ether oxygens (including phenoxy) is 2. The van der Waals surface area contributed by atoms with Crippen molar-refractivity contribution in [3.05, 3.63) is 56.2 Å². The van der Waals surface area contributed by atoms with Gasteiger partial charge >= 0.3 is 0 Å². The Hall–Kier alpha value is -1.98. The summed E-state index contributed by atoms with van der Waals surface area (Å²) in [7, 11) is 2.14. The number of anilines is 1. The van der Waals surface area contributed by atoms with Gasteiger partial charge in [-0.3, -0.25) is 9.20 Å². The average molecular weight is 563 g/mol. The minimum atomic E-state index is -0.0872. The monoisotopic (exact) mass is 561 g/mol. The van der Waals surface area contributed by atoms with E-state index >= 15 is 0 Å². The number of benzene rings is 1. The van der Waals surface area contributed by atoms with Crippen LogP contribution in [0.3, 0.4) is 0 Å². The second-order valence-corrected chi connectivity index (χ2v) is 11.1. The van der Waals surface area contributed by atoms with Crippen LogP contribution in [0.5, 0.6) is 5.75 Å². The molecule has 0 saturated carbocycles. The Morgan fingerprint density at radius 2 is 2.11 bits per heavy atom. The van der Waals surface area contributed by atoms with Crippen LogP contribution < -0.4 is 20.9 Å². The van der Waals surface area contributed by atoms with Crippen molar-refractivity contribution in [3.63, 3.8) is 0 Å². The maximum atomic E-state index is 12.6. The molecule has 5 rings (SSSR count). The summed E-state index contributed by atoms with van der Waals surface area (Å²) in [6.45, 7) is 5.09. The van der Waals surface area contributed by atoms with Crippen LogP contribution in [0.15, 0.2) is 45.1 Å². The predicted molar refractivity (Wildman–Crippen MR) is 143 cm³/mol. The van der Waals surface area contributed by atoms with E-state index < -0.39 is 0 Å². The Bertz CT molecular complexity index is 1180. The lowest BCUT2D eigenvalue weighted by Crippen LogP contribution is -2.43. The Balaban J connectivity index is 1.17. The van der Waals surface area contributed by atoms with Gasteiger partial charge in [-0.05, 0) is 72.4 Å². The molecule has 2 aromatic heterocycles. The van der Waals surface area contributed by atoms with Crippen molar-refractivity contribution in [2.45, 2.75) is 37.3 Å². The van der Waals surface area contributed by atoms with Gasteiger partial charge in [0.25, 0.3) is 5.56 Å². The molecule has 8 nitrogen and oxygen atoms in total. The number of nitrogens with one attached hydrogen (secondary N) is 2. The minimum Gasteiger partial charge on any atom is -0.491 e. The lowest BCUT2D eigenvalue weighted by Gasteiger charge is -2.36. The number of piperidine rings is 2. The van der Waals surface area contributed by atoms with E-state index in [1.807, 2.05) is 5.38 Å². The third-order valence-electron chi connectivity index (χ3n) is 6.69. The molecule has 3 atom stereocenters. The summed E-state index contributed by atoms with van der Waals surface area (Å²) in [5.41, 5.74) is 1.21. The molecule has 4 heterocycles. The highest BCUT2D eigenvalue weighted by molar-refractivity contribution is 9.10. The van der Waals surface area contributed by atoms with E-state index in [1.54, 1.807) is 10.6 Å². The molecule has 0 spiro atoms. The molecular formula is C25H32BrN5O3S. The topological polar surface area (TPSA) is 80.1 Å². The van der Waals surface area contributed by atoms with Crippen LogP contribution in [0.1, 0.15) is 30.7 Å². The molecule has 1 aromatic carbocycles. The summed E-state index contributed by atoms with van der Waals surface area (Å²) in [6.07, 6.45) is 5.33. The Labute approximate surface area is 217 Å². The summed E-state index contributed by atoms with van der Waals surface area (Å²) in [5.74, 6) is 1.87. The van der Waals surface area contributed by atoms with Gasteiger partial charge in [-0.25, -0.2) is 4.98 Å². The van der Waals surface area contributed by atoms with E-state index in [2.05, 4.69) is 67.8 Å². The average Bonchev–Trinajstić information content (AvgIpc) is 3.34. The second-order valence-electron chi connectivity index (χ2n) is 9.39. The number of hydrogen-bond donors (Lipinski definition) is 2. The fraction of sp³-hybridized carbons (Fsp3) is 0.520. The highest BCUT2D eigenvalue weighted by atomic mass is 79.9. The third kappa shape index (κ3) is 6.06. The number of aromatic nitrogens is 2. The number of nitrogens with zero attached hydrogens (tertiary/aromatic N) is 3. The number of likely N-dealkylation sites (N-methyl/N-ethyl adjacent to an activating group) is 1. The maximum Gasteiger partial charge on any atom is 0.275 e. The zero-order valence-corrected chi connectivity index (χ0v) is 22.3. The molecule has 2 aliphatic heterocycles. The van der Waals surface area contributed by atoms with Gasteiger partial charge in [-0.15, -0.1) is 11.3 Å². The molecule has 2 N–H and O–H groups in total. The van der Waals surface area contributed by atoms with Crippen LogP contribution in [-0.2, 0) is 4.74 Å². The van der Waals surface area contributed by atoms with Crippen LogP contribution in [0.2, 0.25) is 0 Å². The van der Waals surface area contributed by atoms with Crippen LogP contribution in [0.25, 0.3) is 4.96 Å². The van der Waals surface area contributed by atoms with E-state index in [9.17, 15) is 4.79 Å². The van der Waals surface area contributed by atoms with Crippen molar-refractivity contribution in [2.75, 3.05) is 51.8 Å². The van der Waals surface area contributed by atoms with Crippen molar-refractivity contribution in [1.82, 2.24) is 19.6 Å². The molecule has 2 fully saturated rings. The largest absolute Gasteiger partial charge is 0.491 e. The number of rotatable bonds is 8.